The molecule has 1 unspecified atom stereocenters. The Morgan fingerprint density at radius 1 is 1.39 bits per heavy atom. The monoisotopic (exact) mass is 245 g/mol. The molecule has 1 amide bonds. The number of nitriles is 1. The average molecular weight is 245 g/mol. The second kappa shape index (κ2) is 6.77. The standard InChI is InChI=1S/C14H19N3O/c1-11(8-9-17(2)3)16-14(18)13-6-4-12(10-15)5-7-13/h4-7,11H,8-9H2,1-3H3,(H,16,18). The van der Waals surface area contributed by atoms with Gasteiger partial charge in [-0.2, -0.15) is 5.26 Å². The second-order valence-corrected chi connectivity index (χ2v) is 4.66. The molecule has 0 aromatic heterocycles. The van der Waals surface area contributed by atoms with Crippen molar-refractivity contribution in [3.05, 3.63) is 35.4 Å². The van der Waals surface area contributed by atoms with Gasteiger partial charge in [0.1, 0.15) is 0 Å². The molecule has 1 rings (SSSR count). The van der Waals surface area contributed by atoms with Crippen LogP contribution in [0.25, 0.3) is 0 Å². The van der Waals surface area contributed by atoms with Crippen LogP contribution in [-0.4, -0.2) is 37.5 Å². The van der Waals surface area contributed by atoms with E-state index >= 15 is 0 Å². The van der Waals surface area contributed by atoms with Gasteiger partial charge in [0.05, 0.1) is 11.6 Å². The lowest BCUT2D eigenvalue weighted by Crippen LogP contribution is -2.34. The number of carbonyl (C=O) groups is 1. The Kier molecular flexibility index (Phi) is 5.34. The van der Waals surface area contributed by atoms with Crippen molar-refractivity contribution in [3.8, 4) is 6.07 Å². The zero-order chi connectivity index (χ0) is 13.5. The highest BCUT2D eigenvalue weighted by molar-refractivity contribution is 5.94. The summed E-state index contributed by atoms with van der Waals surface area (Å²) in [5.41, 5.74) is 1.15. The largest absolute Gasteiger partial charge is 0.350 e. The van der Waals surface area contributed by atoms with Crippen LogP contribution in [0.2, 0.25) is 0 Å². The number of amides is 1. The normalized spacial score (nSPS) is 11.9. The zero-order valence-corrected chi connectivity index (χ0v) is 11.1. The van der Waals surface area contributed by atoms with E-state index < -0.39 is 0 Å². The van der Waals surface area contributed by atoms with Crippen LogP contribution in [0.5, 0.6) is 0 Å². The minimum Gasteiger partial charge on any atom is -0.350 e. The van der Waals surface area contributed by atoms with Gasteiger partial charge in [0.25, 0.3) is 5.91 Å². The molecular formula is C14H19N3O. The van der Waals surface area contributed by atoms with Gasteiger partial charge in [-0.3, -0.25) is 4.79 Å². The molecule has 1 aromatic rings. The first-order chi connectivity index (χ1) is 8.52. The fourth-order valence-corrected chi connectivity index (χ4v) is 1.53. The van der Waals surface area contributed by atoms with Gasteiger partial charge in [-0.05, 0) is 58.3 Å². The molecule has 4 heteroatoms. The maximum absolute atomic E-state index is 11.9. The minimum atomic E-state index is -0.0919. The molecule has 96 valence electrons. The molecule has 0 aliphatic heterocycles. The van der Waals surface area contributed by atoms with Crippen molar-refractivity contribution in [2.24, 2.45) is 0 Å². The van der Waals surface area contributed by atoms with Crippen LogP contribution in [0.3, 0.4) is 0 Å². The Bertz CT molecular complexity index is 431. The van der Waals surface area contributed by atoms with Crippen LogP contribution in [-0.2, 0) is 0 Å². The molecular weight excluding hydrogens is 226 g/mol. The van der Waals surface area contributed by atoms with Gasteiger partial charge in [0, 0.05) is 11.6 Å². The van der Waals surface area contributed by atoms with Crippen molar-refractivity contribution in [2.75, 3.05) is 20.6 Å². The first-order valence-electron chi connectivity index (χ1n) is 5.98. The van der Waals surface area contributed by atoms with Crippen LogP contribution in [0, 0.1) is 11.3 Å². The number of rotatable bonds is 5. The van der Waals surface area contributed by atoms with Crippen LogP contribution in [0.15, 0.2) is 24.3 Å². The summed E-state index contributed by atoms with van der Waals surface area (Å²) < 4.78 is 0. The van der Waals surface area contributed by atoms with Crippen molar-refractivity contribution in [1.29, 1.82) is 5.26 Å². The Labute approximate surface area is 108 Å². The summed E-state index contributed by atoms with van der Waals surface area (Å²) in [5.74, 6) is -0.0919. The number of benzene rings is 1. The second-order valence-electron chi connectivity index (χ2n) is 4.66. The minimum absolute atomic E-state index is 0.0919. The third-order valence-electron chi connectivity index (χ3n) is 2.66. The Morgan fingerprint density at radius 2 is 2.00 bits per heavy atom. The lowest BCUT2D eigenvalue weighted by Gasteiger charge is -2.16. The fraction of sp³-hybridized carbons (Fsp3) is 0.429. The van der Waals surface area contributed by atoms with Gasteiger partial charge in [-0.25, -0.2) is 0 Å². The van der Waals surface area contributed by atoms with Crippen LogP contribution >= 0.6 is 0 Å². The van der Waals surface area contributed by atoms with Crippen molar-refractivity contribution in [1.82, 2.24) is 10.2 Å². The zero-order valence-electron chi connectivity index (χ0n) is 11.1. The van der Waals surface area contributed by atoms with Crippen molar-refractivity contribution in [2.45, 2.75) is 19.4 Å². The Balaban J connectivity index is 2.51. The third-order valence-corrected chi connectivity index (χ3v) is 2.66. The molecule has 0 saturated heterocycles. The first-order valence-corrected chi connectivity index (χ1v) is 5.98. The Hall–Kier alpha value is -1.86. The number of nitrogens with one attached hydrogen (secondary N) is 1. The van der Waals surface area contributed by atoms with E-state index in [-0.39, 0.29) is 11.9 Å². The van der Waals surface area contributed by atoms with E-state index in [4.69, 9.17) is 5.26 Å². The number of carbonyl (C=O) groups excluding carboxylic acids is 1. The predicted octanol–water partition coefficient (Wildman–Crippen LogP) is 1.63. The molecule has 0 heterocycles. The van der Waals surface area contributed by atoms with Crippen LogP contribution in [0.1, 0.15) is 29.3 Å². The molecule has 0 bridgehead atoms. The van der Waals surface area contributed by atoms with Crippen molar-refractivity contribution < 1.29 is 4.79 Å². The topological polar surface area (TPSA) is 56.1 Å². The molecule has 0 saturated carbocycles. The van der Waals surface area contributed by atoms with E-state index in [9.17, 15) is 4.79 Å². The van der Waals surface area contributed by atoms with E-state index in [1.807, 2.05) is 27.1 Å². The smallest absolute Gasteiger partial charge is 0.251 e. The predicted molar refractivity (Wildman–Crippen MR) is 71.3 cm³/mol. The van der Waals surface area contributed by atoms with E-state index in [2.05, 4.69) is 10.2 Å². The van der Waals surface area contributed by atoms with Gasteiger partial charge in [0.15, 0.2) is 0 Å². The summed E-state index contributed by atoms with van der Waals surface area (Å²) in [6.45, 7) is 2.93. The highest BCUT2D eigenvalue weighted by Crippen LogP contribution is 2.04. The molecule has 1 atom stereocenters. The quantitative estimate of drug-likeness (QED) is 0.857. The first kappa shape index (κ1) is 14.2. The van der Waals surface area contributed by atoms with Gasteiger partial charge in [-0.15, -0.1) is 0 Å². The van der Waals surface area contributed by atoms with Gasteiger partial charge in [-0.1, -0.05) is 0 Å². The number of hydrogen-bond donors (Lipinski definition) is 1. The maximum atomic E-state index is 11.9. The highest BCUT2D eigenvalue weighted by atomic mass is 16.1. The molecule has 0 aliphatic rings. The van der Waals surface area contributed by atoms with Crippen molar-refractivity contribution >= 4 is 5.91 Å². The number of hydrogen-bond acceptors (Lipinski definition) is 3. The molecule has 18 heavy (non-hydrogen) atoms. The van der Waals surface area contributed by atoms with Gasteiger partial charge < -0.3 is 10.2 Å². The molecule has 0 radical (unpaired) electrons. The highest BCUT2D eigenvalue weighted by Gasteiger charge is 2.09. The molecule has 1 N–H and O–H groups in total. The summed E-state index contributed by atoms with van der Waals surface area (Å²) in [6, 6.07) is 8.81. The molecule has 0 aliphatic carbocycles. The maximum Gasteiger partial charge on any atom is 0.251 e. The van der Waals surface area contributed by atoms with E-state index in [0.717, 1.165) is 13.0 Å². The summed E-state index contributed by atoms with van der Waals surface area (Å²) in [4.78, 5) is 14.0. The lowest BCUT2D eigenvalue weighted by molar-refractivity contribution is 0.0937. The van der Waals surface area contributed by atoms with Gasteiger partial charge in [0.2, 0.25) is 0 Å². The van der Waals surface area contributed by atoms with E-state index in [0.29, 0.717) is 11.1 Å². The summed E-state index contributed by atoms with van der Waals surface area (Å²) >= 11 is 0. The summed E-state index contributed by atoms with van der Waals surface area (Å²) in [7, 11) is 4.02. The van der Waals surface area contributed by atoms with Crippen LogP contribution in [0.4, 0.5) is 0 Å². The van der Waals surface area contributed by atoms with Crippen molar-refractivity contribution in [3.63, 3.8) is 0 Å². The summed E-state index contributed by atoms with van der Waals surface area (Å²) in [6.07, 6.45) is 0.912. The van der Waals surface area contributed by atoms with E-state index in [1.54, 1.807) is 24.3 Å². The molecule has 0 fully saturated rings. The Morgan fingerprint density at radius 3 is 2.50 bits per heavy atom. The molecule has 0 spiro atoms. The lowest BCUT2D eigenvalue weighted by atomic mass is 10.1. The fourth-order valence-electron chi connectivity index (χ4n) is 1.53. The van der Waals surface area contributed by atoms with Gasteiger partial charge >= 0.3 is 0 Å². The summed E-state index contributed by atoms with van der Waals surface area (Å²) in [5, 5.41) is 11.6. The number of nitrogens with zero attached hydrogens (tertiary/aromatic N) is 2. The SMILES string of the molecule is CC(CCN(C)C)NC(=O)c1ccc(C#N)cc1. The average Bonchev–Trinajstić information content (AvgIpc) is 2.36. The van der Waals surface area contributed by atoms with E-state index in [1.165, 1.54) is 0 Å². The third kappa shape index (κ3) is 4.56. The molecule has 4 nitrogen and oxygen atoms in total. The van der Waals surface area contributed by atoms with Crippen LogP contribution < -0.4 is 5.32 Å². The molecule has 1 aromatic carbocycles.